The van der Waals surface area contributed by atoms with Crippen molar-refractivity contribution in [3.8, 4) is 5.75 Å². The molecule has 1 rings (SSSR count). The van der Waals surface area contributed by atoms with Gasteiger partial charge in [-0.1, -0.05) is 6.92 Å². The van der Waals surface area contributed by atoms with E-state index in [1.165, 1.54) is 0 Å². The van der Waals surface area contributed by atoms with Crippen LogP contribution in [-0.2, 0) is 4.79 Å². The van der Waals surface area contributed by atoms with Crippen LogP contribution in [0.4, 0.5) is 11.4 Å². The fourth-order valence-electron chi connectivity index (χ4n) is 1.56. The zero-order valence-corrected chi connectivity index (χ0v) is 12.7. The Hall–Kier alpha value is -1.40. The summed E-state index contributed by atoms with van der Waals surface area (Å²) >= 11 is 1.66. The second kappa shape index (κ2) is 8.71. The van der Waals surface area contributed by atoms with Crippen molar-refractivity contribution in [2.45, 2.75) is 25.0 Å². The number of rotatable bonds is 8. The summed E-state index contributed by atoms with van der Waals surface area (Å²) in [7, 11) is 1.57. The number of aliphatic hydroxyl groups excluding tert-OH is 1. The molecule has 0 aliphatic heterocycles. The summed E-state index contributed by atoms with van der Waals surface area (Å²) in [5.74, 6) is 1.46. The van der Waals surface area contributed by atoms with E-state index in [1.54, 1.807) is 37.1 Å². The van der Waals surface area contributed by atoms with Gasteiger partial charge >= 0.3 is 0 Å². The Bertz CT molecular complexity index is 440. The van der Waals surface area contributed by atoms with Crippen molar-refractivity contribution in [3.63, 3.8) is 0 Å². The number of nitrogens with two attached hydrogens (primary N) is 1. The lowest BCUT2D eigenvalue weighted by Gasteiger charge is -2.10. The first kappa shape index (κ1) is 16.7. The lowest BCUT2D eigenvalue weighted by Crippen LogP contribution is -2.13. The van der Waals surface area contributed by atoms with Gasteiger partial charge in [0.1, 0.15) is 5.75 Å². The number of ether oxygens (including phenoxy) is 1. The second-order valence-electron chi connectivity index (χ2n) is 4.47. The highest BCUT2D eigenvalue weighted by Crippen LogP contribution is 2.24. The van der Waals surface area contributed by atoms with Crippen LogP contribution in [0.15, 0.2) is 18.2 Å². The fourth-order valence-corrected chi connectivity index (χ4v) is 2.38. The zero-order chi connectivity index (χ0) is 15.0. The predicted molar refractivity (Wildman–Crippen MR) is 84.3 cm³/mol. The molecule has 112 valence electrons. The number of thioether (sulfide) groups is 1. The highest BCUT2D eigenvalue weighted by molar-refractivity contribution is 7.99. The Labute approximate surface area is 123 Å². The molecule has 0 saturated carbocycles. The van der Waals surface area contributed by atoms with Gasteiger partial charge < -0.3 is 20.9 Å². The van der Waals surface area contributed by atoms with Crippen LogP contribution in [0.2, 0.25) is 0 Å². The van der Waals surface area contributed by atoms with Crippen LogP contribution in [0.5, 0.6) is 5.75 Å². The first-order chi connectivity index (χ1) is 9.56. The van der Waals surface area contributed by atoms with Crippen LogP contribution in [0.25, 0.3) is 0 Å². The maximum atomic E-state index is 11.8. The first-order valence-electron chi connectivity index (χ1n) is 6.52. The number of aliphatic hydroxyl groups is 1. The fraction of sp³-hybridized carbons (Fsp3) is 0.500. The Morgan fingerprint density at radius 2 is 2.30 bits per heavy atom. The normalized spacial score (nSPS) is 11.9. The number of hydrogen-bond acceptors (Lipinski definition) is 5. The van der Waals surface area contributed by atoms with Gasteiger partial charge in [0.15, 0.2) is 0 Å². The van der Waals surface area contributed by atoms with Crippen molar-refractivity contribution in [2.75, 3.05) is 30.5 Å². The van der Waals surface area contributed by atoms with Gasteiger partial charge in [-0.2, -0.15) is 11.8 Å². The van der Waals surface area contributed by atoms with Gasteiger partial charge in [-0.3, -0.25) is 4.79 Å². The number of benzene rings is 1. The maximum absolute atomic E-state index is 11.8. The van der Waals surface area contributed by atoms with E-state index in [9.17, 15) is 4.79 Å². The van der Waals surface area contributed by atoms with E-state index < -0.39 is 0 Å². The lowest BCUT2D eigenvalue weighted by atomic mass is 10.2. The third kappa shape index (κ3) is 5.71. The van der Waals surface area contributed by atoms with E-state index in [0.717, 1.165) is 12.2 Å². The number of hydrogen-bond donors (Lipinski definition) is 3. The minimum absolute atomic E-state index is 0.0564. The van der Waals surface area contributed by atoms with Gasteiger partial charge in [-0.05, 0) is 24.3 Å². The van der Waals surface area contributed by atoms with Crippen LogP contribution < -0.4 is 15.8 Å². The van der Waals surface area contributed by atoms with Crippen molar-refractivity contribution in [2.24, 2.45) is 0 Å². The molecule has 0 aromatic heterocycles. The Kier molecular flexibility index (Phi) is 7.25. The Morgan fingerprint density at radius 3 is 2.90 bits per heavy atom. The van der Waals surface area contributed by atoms with Crippen LogP contribution in [0, 0.1) is 0 Å². The second-order valence-corrected chi connectivity index (χ2v) is 6.02. The number of carbonyl (C=O) groups is 1. The third-order valence-corrected chi connectivity index (χ3v) is 3.98. The summed E-state index contributed by atoms with van der Waals surface area (Å²) in [5.41, 5.74) is 6.92. The van der Waals surface area contributed by atoms with E-state index in [0.29, 0.717) is 23.5 Å². The third-order valence-electron chi connectivity index (χ3n) is 2.74. The number of methoxy groups -OCH3 is 1. The van der Waals surface area contributed by atoms with Crippen molar-refractivity contribution < 1.29 is 14.6 Å². The highest BCUT2D eigenvalue weighted by Gasteiger charge is 2.07. The molecule has 0 saturated heterocycles. The summed E-state index contributed by atoms with van der Waals surface area (Å²) in [6, 6.07) is 5.16. The minimum atomic E-state index is -0.0564. The van der Waals surface area contributed by atoms with Crippen molar-refractivity contribution in [1.82, 2.24) is 0 Å². The molecule has 5 nitrogen and oxygen atoms in total. The molecule has 0 bridgehead atoms. The number of carbonyl (C=O) groups excluding carboxylic acids is 1. The van der Waals surface area contributed by atoms with Gasteiger partial charge in [0.25, 0.3) is 0 Å². The summed E-state index contributed by atoms with van der Waals surface area (Å²) in [6.07, 6.45) is 1.22. The van der Waals surface area contributed by atoms with Crippen LogP contribution in [0.3, 0.4) is 0 Å². The summed E-state index contributed by atoms with van der Waals surface area (Å²) < 4.78 is 5.05. The zero-order valence-electron chi connectivity index (χ0n) is 11.9. The van der Waals surface area contributed by atoms with Gasteiger partial charge in [0, 0.05) is 17.7 Å². The molecule has 0 fully saturated rings. The summed E-state index contributed by atoms with van der Waals surface area (Å²) in [5, 5.41) is 11.9. The van der Waals surface area contributed by atoms with Crippen LogP contribution in [-0.4, -0.2) is 35.7 Å². The monoisotopic (exact) mass is 298 g/mol. The molecular weight excluding hydrogens is 276 g/mol. The van der Waals surface area contributed by atoms with E-state index in [4.69, 9.17) is 15.6 Å². The van der Waals surface area contributed by atoms with E-state index in [-0.39, 0.29) is 17.8 Å². The molecule has 0 heterocycles. The standard InChI is InChI=1S/C14H22N2O3S/c1-10(9-17)20-7-3-4-14(18)16-13-6-5-11(19-2)8-12(13)15/h5-6,8,10,17H,3-4,7,9,15H2,1-2H3,(H,16,18). The first-order valence-corrected chi connectivity index (χ1v) is 7.57. The molecule has 1 unspecified atom stereocenters. The molecule has 0 aliphatic rings. The van der Waals surface area contributed by atoms with Crippen molar-refractivity contribution in [3.05, 3.63) is 18.2 Å². The van der Waals surface area contributed by atoms with Gasteiger partial charge in [-0.15, -0.1) is 0 Å². The minimum Gasteiger partial charge on any atom is -0.497 e. The van der Waals surface area contributed by atoms with Crippen molar-refractivity contribution in [1.29, 1.82) is 0 Å². The average Bonchev–Trinajstić information content (AvgIpc) is 2.45. The van der Waals surface area contributed by atoms with Crippen LogP contribution >= 0.6 is 11.8 Å². The Balaban J connectivity index is 2.35. The van der Waals surface area contributed by atoms with E-state index >= 15 is 0 Å². The molecule has 0 spiro atoms. The average molecular weight is 298 g/mol. The number of anilines is 2. The van der Waals surface area contributed by atoms with E-state index in [1.807, 2.05) is 6.92 Å². The number of amides is 1. The Morgan fingerprint density at radius 1 is 1.55 bits per heavy atom. The maximum Gasteiger partial charge on any atom is 0.224 e. The molecular formula is C14H22N2O3S. The molecule has 1 amide bonds. The highest BCUT2D eigenvalue weighted by atomic mass is 32.2. The number of nitrogen functional groups attached to an aromatic ring is 1. The molecule has 1 aromatic rings. The van der Waals surface area contributed by atoms with Crippen molar-refractivity contribution >= 4 is 29.0 Å². The molecule has 0 radical (unpaired) electrons. The number of nitrogens with one attached hydrogen (secondary N) is 1. The molecule has 4 N–H and O–H groups in total. The SMILES string of the molecule is COc1ccc(NC(=O)CCCSC(C)CO)c(N)c1. The summed E-state index contributed by atoms with van der Waals surface area (Å²) in [6.45, 7) is 2.13. The molecule has 1 aromatic carbocycles. The smallest absolute Gasteiger partial charge is 0.224 e. The molecule has 20 heavy (non-hydrogen) atoms. The summed E-state index contributed by atoms with van der Waals surface area (Å²) in [4.78, 5) is 11.8. The predicted octanol–water partition coefficient (Wildman–Crippen LogP) is 2.11. The van der Waals surface area contributed by atoms with E-state index in [2.05, 4.69) is 5.32 Å². The molecule has 0 aliphatic carbocycles. The van der Waals surface area contributed by atoms with Gasteiger partial charge in [0.05, 0.1) is 25.1 Å². The lowest BCUT2D eigenvalue weighted by molar-refractivity contribution is -0.116. The topological polar surface area (TPSA) is 84.6 Å². The largest absolute Gasteiger partial charge is 0.497 e. The van der Waals surface area contributed by atoms with Crippen LogP contribution in [0.1, 0.15) is 19.8 Å². The quantitative estimate of drug-likeness (QED) is 0.505. The van der Waals surface area contributed by atoms with Gasteiger partial charge in [-0.25, -0.2) is 0 Å². The molecule has 6 heteroatoms. The van der Waals surface area contributed by atoms with Gasteiger partial charge in [0.2, 0.25) is 5.91 Å². The molecule has 1 atom stereocenters.